The summed E-state index contributed by atoms with van der Waals surface area (Å²) in [6.45, 7) is 0.718. The lowest BCUT2D eigenvalue weighted by Crippen LogP contribution is -2.13. The highest BCUT2D eigenvalue weighted by Gasteiger charge is 2.25. The number of para-hydroxylation sites is 1. The summed E-state index contributed by atoms with van der Waals surface area (Å²) in [7, 11) is 0. The molecule has 0 atom stereocenters. The van der Waals surface area contributed by atoms with E-state index >= 15 is 0 Å². The van der Waals surface area contributed by atoms with Gasteiger partial charge in [0.1, 0.15) is 5.52 Å². The Kier molecular flexibility index (Phi) is 3.04. The molecule has 0 aliphatic carbocycles. The Bertz CT molecular complexity index is 919. The van der Waals surface area contributed by atoms with Gasteiger partial charge in [-0.05, 0) is 24.1 Å². The van der Waals surface area contributed by atoms with Crippen LogP contribution in [0.3, 0.4) is 0 Å². The number of halogens is 1. The van der Waals surface area contributed by atoms with Crippen molar-refractivity contribution in [1.29, 1.82) is 0 Å². The second-order valence-corrected chi connectivity index (χ2v) is 5.48. The van der Waals surface area contributed by atoms with E-state index in [2.05, 4.69) is 4.98 Å². The lowest BCUT2D eigenvalue weighted by molar-refractivity contribution is -0.136. The minimum Gasteiger partial charge on any atom is -0.481 e. The number of oxazole rings is 1. The maximum Gasteiger partial charge on any atom is 0.307 e. The summed E-state index contributed by atoms with van der Waals surface area (Å²) in [4.78, 5) is 17.0. The summed E-state index contributed by atoms with van der Waals surface area (Å²) < 4.78 is 20.0. The minimum atomic E-state index is -1.09. The number of hydrogen-bond donors (Lipinski definition) is 1. The van der Waals surface area contributed by atoms with Crippen molar-refractivity contribution in [3.8, 4) is 0 Å². The molecule has 0 bridgehead atoms. The van der Waals surface area contributed by atoms with E-state index in [-0.39, 0.29) is 17.6 Å². The van der Waals surface area contributed by atoms with E-state index in [0.717, 1.165) is 18.7 Å². The summed E-state index contributed by atoms with van der Waals surface area (Å²) in [6.07, 6.45) is 0.492. The van der Waals surface area contributed by atoms with Crippen LogP contribution < -0.4 is 4.90 Å². The smallest absolute Gasteiger partial charge is 0.307 e. The summed E-state index contributed by atoms with van der Waals surface area (Å²) in [5.41, 5.74) is 2.68. The van der Waals surface area contributed by atoms with E-state index in [9.17, 15) is 9.18 Å². The number of aliphatic carboxylic acids is 1. The lowest BCUT2D eigenvalue weighted by atomic mass is 10.1. The molecule has 116 valence electrons. The Morgan fingerprint density at radius 1 is 1.30 bits per heavy atom. The fourth-order valence-electron chi connectivity index (χ4n) is 2.94. The molecular weight excluding hydrogens is 299 g/mol. The monoisotopic (exact) mass is 312 g/mol. The highest BCUT2D eigenvalue weighted by Crippen LogP contribution is 2.36. The average molecular weight is 312 g/mol. The zero-order chi connectivity index (χ0) is 16.0. The normalized spacial score (nSPS) is 13.5. The van der Waals surface area contributed by atoms with Gasteiger partial charge < -0.3 is 9.52 Å². The number of benzene rings is 2. The molecule has 0 spiro atoms. The first-order valence-corrected chi connectivity index (χ1v) is 7.28. The Morgan fingerprint density at radius 2 is 2.13 bits per heavy atom. The number of fused-ring (bicyclic) bond motifs is 2. The third kappa shape index (κ3) is 2.23. The molecule has 0 amide bonds. The molecule has 5 nitrogen and oxygen atoms in total. The molecule has 0 saturated carbocycles. The van der Waals surface area contributed by atoms with E-state index in [1.807, 2.05) is 29.2 Å². The summed E-state index contributed by atoms with van der Waals surface area (Å²) in [5, 5.41) is 8.83. The Balaban J connectivity index is 1.78. The van der Waals surface area contributed by atoms with Crippen LogP contribution >= 0.6 is 0 Å². The van der Waals surface area contributed by atoms with Gasteiger partial charge in [0.2, 0.25) is 0 Å². The van der Waals surface area contributed by atoms with E-state index in [0.29, 0.717) is 11.5 Å². The molecule has 0 fully saturated rings. The average Bonchev–Trinajstić information content (AvgIpc) is 3.13. The topological polar surface area (TPSA) is 66.6 Å². The predicted molar refractivity (Wildman–Crippen MR) is 82.5 cm³/mol. The van der Waals surface area contributed by atoms with Crippen molar-refractivity contribution >= 4 is 28.8 Å². The van der Waals surface area contributed by atoms with Crippen molar-refractivity contribution in [3.05, 3.63) is 53.3 Å². The van der Waals surface area contributed by atoms with Crippen LogP contribution in [-0.2, 0) is 17.6 Å². The highest BCUT2D eigenvalue weighted by atomic mass is 19.1. The molecule has 1 aromatic heterocycles. The summed E-state index contributed by atoms with van der Waals surface area (Å²) in [6, 6.07) is 11.3. The quantitative estimate of drug-likeness (QED) is 0.804. The van der Waals surface area contributed by atoms with Gasteiger partial charge in [0.25, 0.3) is 0 Å². The van der Waals surface area contributed by atoms with E-state index in [1.54, 1.807) is 6.07 Å². The van der Waals surface area contributed by atoms with Crippen LogP contribution in [-0.4, -0.2) is 22.6 Å². The molecule has 6 heteroatoms. The molecule has 2 aromatic carbocycles. The molecule has 4 rings (SSSR count). The van der Waals surface area contributed by atoms with Crippen molar-refractivity contribution in [2.45, 2.75) is 12.8 Å². The zero-order valence-electron chi connectivity index (χ0n) is 12.1. The number of rotatable bonds is 3. The van der Waals surface area contributed by atoms with Gasteiger partial charge in [-0.15, -0.1) is 0 Å². The first-order valence-electron chi connectivity index (χ1n) is 7.28. The number of aromatic nitrogens is 1. The van der Waals surface area contributed by atoms with Crippen molar-refractivity contribution < 1.29 is 18.7 Å². The van der Waals surface area contributed by atoms with Crippen molar-refractivity contribution in [1.82, 2.24) is 4.98 Å². The van der Waals surface area contributed by atoms with Gasteiger partial charge in [-0.2, -0.15) is 4.98 Å². The third-order valence-corrected chi connectivity index (χ3v) is 4.03. The van der Waals surface area contributed by atoms with Gasteiger partial charge in [-0.1, -0.05) is 24.3 Å². The van der Waals surface area contributed by atoms with Crippen LogP contribution in [0, 0.1) is 5.82 Å². The molecule has 0 saturated heterocycles. The van der Waals surface area contributed by atoms with Crippen LogP contribution in [0.25, 0.3) is 11.1 Å². The van der Waals surface area contributed by atoms with Gasteiger partial charge in [0, 0.05) is 17.8 Å². The first-order chi connectivity index (χ1) is 11.1. The van der Waals surface area contributed by atoms with E-state index in [4.69, 9.17) is 9.52 Å². The zero-order valence-corrected chi connectivity index (χ0v) is 12.1. The number of carboxylic acids is 1. The number of nitrogens with zero attached hydrogens (tertiary/aromatic N) is 2. The molecule has 3 aromatic rings. The van der Waals surface area contributed by atoms with Gasteiger partial charge in [0.15, 0.2) is 11.4 Å². The number of hydrogen-bond acceptors (Lipinski definition) is 4. The van der Waals surface area contributed by atoms with Crippen LogP contribution in [0.15, 0.2) is 40.8 Å². The standard InChI is InChI=1S/C17H13FN2O3/c18-15-11(9-14(21)22)5-6-12-16(15)23-17(19-12)20-8-7-10-3-1-2-4-13(10)20/h1-6H,7-9H2,(H,21,22). The molecule has 0 radical (unpaired) electrons. The summed E-state index contributed by atoms with van der Waals surface area (Å²) >= 11 is 0. The largest absolute Gasteiger partial charge is 0.481 e. The fraction of sp³-hybridized carbons (Fsp3) is 0.176. The molecule has 1 aliphatic rings. The lowest BCUT2D eigenvalue weighted by Gasteiger charge is -2.13. The predicted octanol–water partition coefficient (Wildman–Crippen LogP) is 3.29. The maximum atomic E-state index is 14.4. The highest BCUT2D eigenvalue weighted by molar-refractivity contribution is 5.80. The molecule has 2 heterocycles. The van der Waals surface area contributed by atoms with Crippen molar-refractivity contribution in [2.24, 2.45) is 0 Å². The Hall–Kier alpha value is -2.89. The molecular formula is C17H13FN2O3. The van der Waals surface area contributed by atoms with Gasteiger partial charge in [0.05, 0.1) is 6.42 Å². The Labute approximate surface area is 131 Å². The van der Waals surface area contributed by atoms with Crippen LogP contribution in [0.4, 0.5) is 16.1 Å². The van der Waals surface area contributed by atoms with Crippen LogP contribution in [0.1, 0.15) is 11.1 Å². The van der Waals surface area contributed by atoms with Crippen LogP contribution in [0.5, 0.6) is 0 Å². The van der Waals surface area contributed by atoms with Gasteiger partial charge >= 0.3 is 12.0 Å². The Morgan fingerprint density at radius 3 is 2.96 bits per heavy atom. The van der Waals surface area contributed by atoms with E-state index in [1.165, 1.54) is 11.6 Å². The maximum absolute atomic E-state index is 14.4. The second-order valence-electron chi connectivity index (χ2n) is 5.48. The fourth-order valence-corrected chi connectivity index (χ4v) is 2.94. The second kappa shape index (κ2) is 5.08. The van der Waals surface area contributed by atoms with Gasteiger partial charge in [-0.3, -0.25) is 9.69 Å². The SMILES string of the molecule is O=C(O)Cc1ccc2nc(N3CCc4ccccc43)oc2c1F. The van der Waals surface area contributed by atoms with E-state index < -0.39 is 11.8 Å². The van der Waals surface area contributed by atoms with Crippen LogP contribution in [0.2, 0.25) is 0 Å². The first kappa shape index (κ1) is 13.8. The molecule has 1 aliphatic heterocycles. The van der Waals surface area contributed by atoms with Crippen molar-refractivity contribution in [3.63, 3.8) is 0 Å². The molecule has 0 unspecified atom stereocenters. The molecule has 1 N–H and O–H groups in total. The molecule has 23 heavy (non-hydrogen) atoms. The van der Waals surface area contributed by atoms with Gasteiger partial charge in [-0.25, -0.2) is 4.39 Å². The number of carbonyl (C=O) groups is 1. The number of anilines is 2. The minimum absolute atomic E-state index is 0.00290. The third-order valence-electron chi connectivity index (χ3n) is 4.03. The number of carboxylic acid groups (broad SMARTS) is 1. The summed E-state index contributed by atoms with van der Waals surface area (Å²) in [5.74, 6) is -1.74. The van der Waals surface area contributed by atoms with Crippen molar-refractivity contribution in [2.75, 3.05) is 11.4 Å².